The number of ether oxygens (including phenoxy) is 1. The zero-order chi connectivity index (χ0) is 15.4. The van der Waals surface area contributed by atoms with E-state index in [1.165, 1.54) is 6.07 Å². The fourth-order valence-electron chi connectivity index (χ4n) is 2.19. The van der Waals surface area contributed by atoms with Gasteiger partial charge in [-0.1, -0.05) is 30.7 Å². The van der Waals surface area contributed by atoms with Gasteiger partial charge in [-0.05, 0) is 52.3 Å². The first-order valence-corrected chi connectivity index (χ1v) is 7.75. The number of methoxy groups -OCH3 is 1. The topological polar surface area (TPSA) is 21.3 Å². The lowest BCUT2D eigenvalue weighted by molar-refractivity contribution is 0.413. The summed E-state index contributed by atoms with van der Waals surface area (Å²) >= 11 is 9.35. The molecule has 0 aliphatic rings. The average Bonchev–Trinajstić information content (AvgIpc) is 2.49. The highest BCUT2D eigenvalue weighted by molar-refractivity contribution is 9.10. The zero-order valence-electron chi connectivity index (χ0n) is 11.8. The zero-order valence-corrected chi connectivity index (χ0v) is 14.1. The van der Waals surface area contributed by atoms with Crippen LogP contribution in [0.1, 0.15) is 24.1 Å². The lowest BCUT2D eigenvalue weighted by atomic mass is 9.98. The van der Waals surface area contributed by atoms with E-state index in [2.05, 4.69) is 21.2 Å². The van der Waals surface area contributed by atoms with Crippen LogP contribution in [0.15, 0.2) is 40.9 Å². The predicted molar refractivity (Wildman–Crippen MR) is 87.6 cm³/mol. The molecule has 2 rings (SSSR count). The van der Waals surface area contributed by atoms with Crippen LogP contribution < -0.4 is 10.1 Å². The summed E-state index contributed by atoms with van der Waals surface area (Å²) in [5.41, 5.74) is 1.44. The molecule has 21 heavy (non-hydrogen) atoms. The van der Waals surface area contributed by atoms with E-state index in [4.69, 9.17) is 16.3 Å². The quantitative estimate of drug-likeness (QED) is 0.750. The Morgan fingerprint density at radius 2 is 2.10 bits per heavy atom. The summed E-state index contributed by atoms with van der Waals surface area (Å²) in [6, 6.07) is 10.3. The van der Waals surface area contributed by atoms with Crippen LogP contribution in [-0.2, 0) is 0 Å². The fraction of sp³-hybridized carbons (Fsp3) is 0.250. The van der Waals surface area contributed by atoms with E-state index in [-0.39, 0.29) is 11.9 Å². The molecule has 1 unspecified atom stereocenters. The molecule has 0 spiro atoms. The van der Waals surface area contributed by atoms with Crippen molar-refractivity contribution in [3.05, 3.63) is 62.8 Å². The maximum Gasteiger partial charge on any atom is 0.129 e. The van der Waals surface area contributed by atoms with E-state index < -0.39 is 0 Å². The first-order valence-electron chi connectivity index (χ1n) is 6.58. The molecule has 0 bridgehead atoms. The van der Waals surface area contributed by atoms with Crippen LogP contribution in [0.25, 0.3) is 0 Å². The molecule has 1 atom stereocenters. The molecule has 1 N–H and O–H groups in total. The molecule has 0 radical (unpaired) electrons. The molecule has 2 aromatic carbocycles. The van der Waals surface area contributed by atoms with Gasteiger partial charge in [-0.2, -0.15) is 0 Å². The number of benzene rings is 2. The van der Waals surface area contributed by atoms with E-state index >= 15 is 0 Å². The van der Waals surface area contributed by atoms with E-state index in [0.29, 0.717) is 21.6 Å². The van der Waals surface area contributed by atoms with Crippen molar-refractivity contribution in [1.82, 2.24) is 5.32 Å². The van der Waals surface area contributed by atoms with Crippen molar-refractivity contribution in [2.45, 2.75) is 13.0 Å². The highest BCUT2D eigenvalue weighted by Crippen LogP contribution is 2.32. The van der Waals surface area contributed by atoms with Crippen LogP contribution in [-0.4, -0.2) is 13.7 Å². The van der Waals surface area contributed by atoms with Crippen molar-refractivity contribution < 1.29 is 9.13 Å². The average molecular weight is 373 g/mol. The monoisotopic (exact) mass is 371 g/mol. The summed E-state index contributed by atoms with van der Waals surface area (Å²) in [5.74, 6) is 0.430. The molecular weight excluding hydrogens is 357 g/mol. The van der Waals surface area contributed by atoms with Gasteiger partial charge in [0.2, 0.25) is 0 Å². The van der Waals surface area contributed by atoms with Gasteiger partial charge in [0.15, 0.2) is 0 Å². The lowest BCUT2D eigenvalue weighted by Crippen LogP contribution is -2.23. The van der Waals surface area contributed by atoms with Crippen molar-refractivity contribution in [2.75, 3.05) is 13.7 Å². The fourth-order valence-corrected chi connectivity index (χ4v) is 2.68. The number of halogens is 3. The minimum Gasteiger partial charge on any atom is -0.497 e. The van der Waals surface area contributed by atoms with Gasteiger partial charge in [-0.15, -0.1) is 0 Å². The van der Waals surface area contributed by atoms with Crippen molar-refractivity contribution in [1.29, 1.82) is 0 Å². The van der Waals surface area contributed by atoms with Gasteiger partial charge in [-0.25, -0.2) is 4.39 Å². The van der Waals surface area contributed by atoms with Crippen LogP contribution in [0.2, 0.25) is 5.02 Å². The Kier molecular flexibility index (Phi) is 5.62. The molecule has 0 aliphatic carbocycles. The molecule has 2 nitrogen and oxygen atoms in total. The molecule has 0 aliphatic heterocycles. The first kappa shape index (κ1) is 16.3. The minimum atomic E-state index is -0.306. The molecule has 112 valence electrons. The molecule has 5 heteroatoms. The first-order chi connectivity index (χ1) is 10.1. The SMILES string of the molecule is CCNC(c1cccc(OC)c1)c1cc(Cl)c(Br)cc1F. The number of rotatable bonds is 5. The highest BCUT2D eigenvalue weighted by Gasteiger charge is 2.19. The normalized spacial score (nSPS) is 12.2. The standard InChI is InChI=1S/C16H16BrClFNO/c1-3-20-16(10-5-4-6-11(7-10)21-2)12-8-14(18)13(17)9-15(12)19/h4-9,16,20H,3H2,1-2H3. The summed E-state index contributed by atoms with van der Waals surface area (Å²) < 4.78 is 20.1. The van der Waals surface area contributed by atoms with Crippen molar-refractivity contribution >= 4 is 27.5 Å². The molecule has 0 heterocycles. The van der Waals surface area contributed by atoms with Crippen molar-refractivity contribution in [3.63, 3.8) is 0 Å². The van der Waals surface area contributed by atoms with E-state index in [1.807, 2.05) is 31.2 Å². The Morgan fingerprint density at radius 3 is 2.76 bits per heavy atom. The van der Waals surface area contributed by atoms with Crippen LogP contribution in [0, 0.1) is 5.82 Å². The summed E-state index contributed by atoms with van der Waals surface area (Å²) in [4.78, 5) is 0. The molecule has 0 aromatic heterocycles. The molecule has 0 fully saturated rings. The summed E-state index contributed by atoms with van der Waals surface area (Å²) in [6.07, 6.45) is 0. The molecule has 0 amide bonds. The molecular formula is C16H16BrClFNO. The van der Waals surface area contributed by atoms with Gasteiger partial charge >= 0.3 is 0 Å². The minimum absolute atomic E-state index is 0.282. The van der Waals surface area contributed by atoms with E-state index in [9.17, 15) is 4.39 Å². The smallest absolute Gasteiger partial charge is 0.129 e. The van der Waals surface area contributed by atoms with E-state index in [1.54, 1.807) is 13.2 Å². The molecule has 0 saturated carbocycles. The van der Waals surface area contributed by atoms with E-state index in [0.717, 1.165) is 11.3 Å². The van der Waals surface area contributed by atoms with Gasteiger partial charge in [0.05, 0.1) is 18.2 Å². The number of hydrogen-bond acceptors (Lipinski definition) is 2. The number of nitrogens with one attached hydrogen (secondary N) is 1. The van der Waals surface area contributed by atoms with Crippen molar-refractivity contribution in [2.24, 2.45) is 0 Å². The Morgan fingerprint density at radius 1 is 1.33 bits per heavy atom. The third-order valence-corrected chi connectivity index (χ3v) is 4.38. The lowest BCUT2D eigenvalue weighted by Gasteiger charge is -2.20. The Bertz CT molecular complexity index is 636. The molecule has 2 aromatic rings. The Balaban J connectivity index is 2.50. The van der Waals surface area contributed by atoms with Crippen LogP contribution in [0.5, 0.6) is 5.75 Å². The second-order valence-electron chi connectivity index (χ2n) is 4.56. The van der Waals surface area contributed by atoms with Crippen molar-refractivity contribution in [3.8, 4) is 5.75 Å². The van der Waals surface area contributed by atoms with Gasteiger partial charge < -0.3 is 10.1 Å². The highest BCUT2D eigenvalue weighted by atomic mass is 79.9. The Labute approximate surface area is 137 Å². The largest absolute Gasteiger partial charge is 0.497 e. The number of hydrogen-bond donors (Lipinski definition) is 1. The summed E-state index contributed by atoms with van der Waals surface area (Å²) in [7, 11) is 1.61. The van der Waals surface area contributed by atoms with Gasteiger partial charge in [0.25, 0.3) is 0 Å². The maximum atomic E-state index is 14.3. The van der Waals surface area contributed by atoms with Crippen LogP contribution in [0.4, 0.5) is 4.39 Å². The van der Waals surface area contributed by atoms with Crippen LogP contribution >= 0.6 is 27.5 Å². The third-order valence-electron chi connectivity index (χ3n) is 3.19. The summed E-state index contributed by atoms with van der Waals surface area (Å²) in [6.45, 7) is 2.68. The Hall–Kier alpha value is -1.10. The van der Waals surface area contributed by atoms with Gasteiger partial charge in [0, 0.05) is 10.0 Å². The third kappa shape index (κ3) is 3.76. The summed E-state index contributed by atoms with van der Waals surface area (Å²) in [5, 5.41) is 3.77. The van der Waals surface area contributed by atoms with Gasteiger partial charge in [0.1, 0.15) is 11.6 Å². The second kappa shape index (κ2) is 7.25. The van der Waals surface area contributed by atoms with Crippen LogP contribution in [0.3, 0.4) is 0 Å². The maximum absolute atomic E-state index is 14.3. The molecule has 0 saturated heterocycles. The second-order valence-corrected chi connectivity index (χ2v) is 5.82. The van der Waals surface area contributed by atoms with Gasteiger partial charge in [-0.3, -0.25) is 0 Å². The predicted octanol–water partition coefficient (Wildman–Crippen LogP) is 4.95.